The van der Waals surface area contributed by atoms with Gasteiger partial charge in [0.1, 0.15) is 6.54 Å². The van der Waals surface area contributed by atoms with E-state index in [0.717, 1.165) is 5.56 Å². The molecule has 0 aliphatic heterocycles. The molecular weight excluding hydrogens is 299 g/mol. The van der Waals surface area contributed by atoms with Crippen molar-refractivity contribution in [2.24, 2.45) is 0 Å². The molecule has 0 aromatic heterocycles. The molecule has 22 heavy (non-hydrogen) atoms. The van der Waals surface area contributed by atoms with Crippen LogP contribution in [0.4, 0.5) is 23.7 Å². The zero-order valence-corrected chi connectivity index (χ0v) is 12.3. The third-order valence-corrected chi connectivity index (χ3v) is 2.48. The van der Waals surface area contributed by atoms with E-state index in [-0.39, 0.29) is 18.4 Å². The molecule has 1 rings (SSSR count). The average Bonchev–Trinajstić information content (AvgIpc) is 2.37. The monoisotopic (exact) mass is 317 g/mol. The molecule has 0 radical (unpaired) electrons. The highest BCUT2D eigenvalue weighted by atomic mass is 19.4. The molecule has 8 heteroatoms. The van der Waals surface area contributed by atoms with Crippen LogP contribution < -0.4 is 16.0 Å². The lowest BCUT2D eigenvalue weighted by atomic mass is 10.1. The number of halogens is 3. The Morgan fingerprint density at radius 3 is 2.23 bits per heavy atom. The van der Waals surface area contributed by atoms with E-state index < -0.39 is 18.8 Å². The van der Waals surface area contributed by atoms with Gasteiger partial charge >= 0.3 is 12.2 Å². The molecule has 0 heterocycles. The Morgan fingerprint density at radius 2 is 1.73 bits per heavy atom. The highest BCUT2D eigenvalue weighted by Gasteiger charge is 2.27. The van der Waals surface area contributed by atoms with Gasteiger partial charge in [-0.05, 0) is 31.5 Å². The molecule has 5 nitrogen and oxygen atoms in total. The van der Waals surface area contributed by atoms with E-state index in [2.05, 4.69) is 10.6 Å². The first-order valence-electron chi connectivity index (χ1n) is 6.65. The van der Waals surface area contributed by atoms with E-state index in [1.807, 2.05) is 13.8 Å². The number of anilines is 1. The van der Waals surface area contributed by atoms with Gasteiger partial charge in [0.25, 0.3) is 0 Å². The first kappa shape index (κ1) is 17.8. The molecule has 122 valence electrons. The fourth-order valence-corrected chi connectivity index (χ4v) is 1.62. The SMILES string of the molecule is CC(C)NC(=O)Cc1ccc(NC(=O)NCC(F)(F)F)cc1. The first-order valence-corrected chi connectivity index (χ1v) is 6.65. The van der Waals surface area contributed by atoms with Crippen molar-refractivity contribution < 1.29 is 22.8 Å². The molecule has 3 amide bonds. The van der Waals surface area contributed by atoms with E-state index in [1.54, 1.807) is 17.4 Å². The second-order valence-electron chi connectivity index (χ2n) is 5.02. The molecule has 0 bridgehead atoms. The van der Waals surface area contributed by atoms with Crippen LogP contribution in [0.25, 0.3) is 0 Å². The summed E-state index contributed by atoms with van der Waals surface area (Å²) < 4.78 is 35.8. The van der Waals surface area contributed by atoms with Crippen molar-refractivity contribution in [3.63, 3.8) is 0 Å². The Balaban J connectivity index is 2.48. The van der Waals surface area contributed by atoms with Gasteiger partial charge in [-0.2, -0.15) is 13.2 Å². The number of rotatable bonds is 5. The molecule has 0 unspecified atom stereocenters. The van der Waals surface area contributed by atoms with Gasteiger partial charge in [0.05, 0.1) is 6.42 Å². The highest BCUT2D eigenvalue weighted by molar-refractivity contribution is 5.89. The fraction of sp³-hybridized carbons (Fsp3) is 0.429. The van der Waals surface area contributed by atoms with Gasteiger partial charge in [-0.1, -0.05) is 12.1 Å². The summed E-state index contributed by atoms with van der Waals surface area (Å²) in [5.41, 5.74) is 1.08. The lowest BCUT2D eigenvalue weighted by molar-refractivity contribution is -0.122. The van der Waals surface area contributed by atoms with Crippen LogP contribution in [0, 0.1) is 0 Å². The highest BCUT2D eigenvalue weighted by Crippen LogP contribution is 2.13. The number of carbonyl (C=O) groups is 2. The molecule has 0 fully saturated rings. The van der Waals surface area contributed by atoms with E-state index in [4.69, 9.17) is 0 Å². The molecule has 0 aliphatic carbocycles. The van der Waals surface area contributed by atoms with Crippen LogP contribution in [0.3, 0.4) is 0 Å². The number of amides is 3. The molecule has 1 aromatic rings. The van der Waals surface area contributed by atoms with Gasteiger partial charge in [-0.25, -0.2) is 4.79 Å². The summed E-state index contributed by atoms with van der Waals surface area (Å²) >= 11 is 0. The van der Waals surface area contributed by atoms with Gasteiger partial charge in [-0.3, -0.25) is 4.79 Å². The van der Waals surface area contributed by atoms with Crippen molar-refractivity contribution in [3.8, 4) is 0 Å². The van der Waals surface area contributed by atoms with E-state index in [1.165, 1.54) is 12.1 Å². The van der Waals surface area contributed by atoms with Gasteiger partial charge in [0.15, 0.2) is 0 Å². The van der Waals surface area contributed by atoms with Crippen molar-refractivity contribution in [3.05, 3.63) is 29.8 Å². The van der Waals surface area contributed by atoms with Crippen molar-refractivity contribution >= 4 is 17.6 Å². The molecule has 3 N–H and O–H groups in total. The lowest BCUT2D eigenvalue weighted by Crippen LogP contribution is -2.36. The van der Waals surface area contributed by atoms with Crippen molar-refractivity contribution in [2.45, 2.75) is 32.5 Å². The normalized spacial score (nSPS) is 11.2. The van der Waals surface area contributed by atoms with Crippen LogP contribution in [-0.4, -0.2) is 30.7 Å². The van der Waals surface area contributed by atoms with E-state index in [9.17, 15) is 22.8 Å². The van der Waals surface area contributed by atoms with Crippen LogP contribution in [0.5, 0.6) is 0 Å². The Bertz CT molecular complexity index is 513. The van der Waals surface area contributed by atoms with Gasteiger partial charge < -0.3 is 16.0 Å². The minimum Gasteiger partial charge on any atom is -0.354 e. The summed E-state index contributed by atoms with van der Waals surface area (Å²) in [6, 6.07) is 5.39. The number of urea groups is 1. The summed E-state index contributed by atoms with van der Waals surface area (Å²) in [6.07, 6.45) is -4.26. The standard InChI is InChI=1S/C14H18F3N3O2/c1-9(2)19-12(21)7-10-3-5-11(6-4-10)20-13(22)18-8-14(15,16)17/h3-6,9H,7-8H2,1-2H3,(H,19,21)(H2,18,20,22). The van der Waals surface area contributed by atoms with Crippen LogP contribution in [0.1, 0.15) is 19.4 Å². The summed E-state index contributed by atoms with van der Waals surface area (Å²) in [5, 5.41) is 6.72. The predicted octanol–water partition coefficient (Wildman–Crippen LogP) is 2.44. The molecule has 0 atom stereocenters. The topological polar surface area (TPSA) is 70.2 Å². The summed E-state index contributed by atoms with van der Waals surface area (Å²) in [5.74, 6) is -0.126. The number of alkyl halides is 3. The first-order chi connectivity index (χ1) is 10.2. The Morgan fingerprint density at radius 1 is 1.14 bits per heavy atom. The average molecular weight is 317 g/mol. The van der Waals surface area contributed by atoms with Crippen molar-refractivity contribution in [1.82, 2.24) is 10.6 Å². The Labute approximate surface area is 126 Å². The smallest absolute Gasteiger partial charge is 0.354 e. The molecular formula is C14H18F3N3O2. The molecule has 0 aliphatic rings. The molecule has 1 aromatic carbocycles. The van der Waals surface area contributed by atoms with Crippen LogP contribution >= 0.6 is 0 Å². The van der Waals surface area contributed by atoms with Gasteiger partial charge in [0.2, 0.25) is 5.91 Å². The van der Waals surface area contributed by atoms with Crippen molar-refractivity contribution in [1.29, 1.82) is 0 Å². The largest absolute Gasteiger partial charge is 0.405 e. The third-order valence-electron chi connectivity index (χ3n) is 2.48. The number of carbonyl (C=O) groups excluding carboxylic acids is 2. The minimum atomic E-state index is -4.45. The van der Waals surface area contributed by atoms with Crippen LogP contribution in [-0.2, 0) is 11.2 Å². The maximum Gasteiger partial charge on any atom is 0.405 e. The van der Waals surface area contributed by atoms with Crippen molar-refractivity contribution in [2.75, 3.05) is 11.9 Å². The maximum absolute atomic E-state index is 11.9. The third kappa shape index (κ3) is 7.51. The van der Waals surface area contributed by atoms with Crippen LogP contribution in [0.2, 0.25) is 0 Å². The van der Waals surface area contributed by atoms with Gasteiger partial charge in [-0.15, -0.1) is 0 Å². The van der Waals surface area contributed by atoms with Crippen LogP contribution in [0.15, 0.2) is 24.3 Å². The molecule has 0 saturated heterocycles. The number of hydrogen-bond donors (Lipinski definition) is 3. The minimum absolute atomic E-state index is 0.0470. The van der Waals surface area contributed by atoms with E-state index >= 15 is 0 Å². The zero-order valence-electron chi connectivity index (χ0n) is 12.3. The predicted molar refractivity (Wildman–Crippen MR) is 76.5 cm³/mol. The second-order valence-corrected chi connectivity index (χ2v) is 5.02. The summed E-state index contributed by atoms with van der Waals surface area (Å²) in [7, 11) is 0. The number of nitrogens with one attached hydrogen (secondary N) is 3. The van der Waals surface area contributed by atoms with E-state index in [0.29, 0.717) is 5.69 Å². The quantitative estimate of drug-likeness (QED) is 0.780. The maximum atomic E-state index is 11.9. The summed E-state index contributed by atoms with van der Waals surface area (Å²) in [4.78, 5) is 22.8. The second kappa shape index (κ2) is 7.67. The Kier molecular flexibility index (Phi) is 6.21. The lowest BCUT2D eigenvalue weighted by Gasteiger charge is -2.11. The Hall–Kier alpha value is -2.25. The molecule has 0 spiro atoms. The van der Waals surface area contributed by atoms with Gasteiger partial charge in [0, 0.05) is 11.7 Å². The molecule has 0 saturated carbocycles. The number of benzene rings is 1. The fourth-order valence-electron chi connectivity index (χ4n) is 1.62. The zero-order chi connectivity index (χ0) is 16.8. The number of hydrogen-bond acceptors (Lipinski definition) is 2. The summed E-state index contributed by atoms with van der Waals surface area (Å²) in [6.45, 7) is 2.31.